The summed E-state index contributed by atoms with van der Waals surface area (Å²) in [7, 11) is 0. The average Bonchev–Trinajstić information content (AvgIpc) is 3.11. The molecule has 0 unspecified atom stereocenters. The first-order valence-electron chi connectivity index (χ1n) is 8.73. The molecule has 2 saturated heterocycles. The van der Waals surface area contributed by atoms with Crippen molar-refractivity contribution >= 4 is 5.91 Å². The van der Waals surface area contributed by atoms with E-state index in [4.69, 9.17) is 0 Å². The number of aromatic nitrogens is 3. The Morgan fingerprint density at radius 1 is 1.12 bits per heavy atom. The van der Waals surface area contributed by atoms with E-state index in [0.29, 0.717) is 11.7 Å². The average molecular weight is 325 g/mol. The van der Waals surface area contributed by atoms with Crippen molar-refractivity contribution in [2.45, 2.75) is 32.2 Å². The molecule has 2 aromatic rings. The lowest BCUT2D eigenvalue weighted by Gasteiger charge is -2.43. The number of nitrogens with zero attached hydrogens (tertiary/aromatic N) is 5. The van der Waals surface area contributed by atoms with Gasteiger partial charge in [-0.15, -0.1) is 5.10 Å². The number of piperazine rings is 1. The summed E-state index contributed by atoms with van der Waals surface area (Å²) in [5, 5.41) is 8.22. The highest BCUT2D eigenvalue weighted by Crippen LogP contribution is 2.22. The predicted octanol–water partition coefficient (Wildman–Crippen LogP) is 1.89. The lowest BCUT2D eigenvalue weighted by atomic mass is 9.99. The second-order valence-corrected chi connectivity index (χ2v) is 6.82. The summed E-state index contributed by atoms with van der Waals surface area (Å²) in [4.78, 5) is 17.2. The van der Waals surface area contributed by atoms with Crippen molar-refractivity contribution in [2.75, 3.05) is 26.2 Å². The van der Waals surface area contributed by atoms with Crippen LogP contribution < -0.4 is 0 Å². The molecule has 1 aromatic heterocycles. The van der Waals surface area contributed by atoms with Crippen molar-refractivity contribution in [3.8, 4) is 5.69 Å². The summed E-state index contributed by atoms with van der Waals surface area (Å²) in [6.07, 6.45) is 5.49. The minimum Gasteiger partial charge on any atom is -0.334 e. The predicted molar refractivity (Wildman–Crippen MR) is 91.2 cm³/mol. The maximum Gasteiger partial charge on any atom is 0.276 e. The minimum atomic E-state index is -0.00131. The Labute approximate surface area is 142 Å². The monoisotopic (exact) mass is 325 g/mol. The third kappa shape index (κ3) is 2.94. The SMILES string of the molecule is Cc1ccc(-n2cc(C(=O)N3CCN4CCCC[C@@H]4C3)nn2)cc1. The Hall–Kier alpha value is -2.21. The van der Waals surface area contributed by atoms with Gasteiger partial charge in [-0.1, -0.05) is 29.3 Å². The Kier molecular flexibility index (Phi) is 4.06. The molecule has 6 heteroatoms. The fourth-order valence-corrected chi connectivity index (χ4v) is 3.69. The number of benzene rings is 1. The summed E-state index contributed by atoms with van der Waals surface area (Å²) in [6, 6.07) is 8.54. The number of carbonyl (C=O) groups is 1. The smallest absolute Gasteiger partial charge is 0.276 e. The first-order valence-corrected chi connectivity index (χ1v) is 8.73. The van der Waals surface area contributed by atoms with Crippen LogP contribution in [0.4, 0.5) is 0 Å². The standard InChI is InChI=1S/C18H23N5O/c1-14-5-7-15(8-6-14)23-13-17(19-20-23)18(24)22-11-10-21-9-3-2-4-16(21)12-22/h5-8,13,16H,2-4,9-12H2,1H3/t16-/m1/s1. The number of fused-ring (bicyclic) bond motifs is 1. The molecule has 126 valence electrons. The summed E-state index contributed by atoms with van der Waals surface area (Å²) in [5.74, 6) is -0.00131. The van der Waals surface area contributed by atoms with Gasteiger partial charge in [-0.2, -0.15) is 0 Å². The fraction of sp³-hybridized carbons (Fsp3) is 0.500. The molecule has 1 atom stereocenters. The lowest BCUT2D eigenvalue weighted by Crippen LogP contribution is -2.56. The molecular weight excluding hydrogens is 302 g/mol. The van der Waals surface area contributed by atoms with Gasteiger partial charge in [-0.3, -0.25) is 9.69 Å². The van der Waals surface area contributed by atoms with Crippen LogP contribution in [-0.4, -0.2) is 62.9 Å². The van der Waals surface area contributed by atoms with Crippen molar-refractivity contribution in [1.29, 1.82) is 0 Å². The zero-order valence-corrected chi connectivity index (χ0v) is 14.1. The summed E-state index contributed by atoms with van der Waals surface area (Å²) >= 11 is 0. The molecule has 0 bridgehead atoms. The number of carbonyl (C=O) groups excluding carboxylic acids is 1. The molecule has 3 heterocycles. The van der Waals surface area contributed by atoms with E-state index in [9.17, 15) is 4.79 Å². The van der Waals surface area contributed by atoms with Gasteiger partial charge in [-0.25, -0.2) is 4.68 Å². The molecular formula is C18H23N5O. The van der Waals surface area contributed by atoms with E-state index >= 15 is 0 Å². The topological polar surface area (TPSA) is 54.3 Å². The van der Waals surface area contributed by atoms with Gasteiger partial charge in [-0.05, 0) is 38.4 Å². The molecule has 0 radical (unpaired) electrons. The molecule has 1 amide bonds. The zero-order chi connectivity index (χ0) is 16.5. The molecule has 4 rings (SSSR count). The van der Waals surface area contributed by atoms with Crippen LogP contribution in [-0.2, 0) is 0 Å². The second-order valence-electron chi connectivity index (χ2n) is 6.82. The largest absolute Gasteiger partial charge is 0.334 e. The molecule has 2 fully saturated rings. The second kappa shape index (κ2) is 6.36. The molecule has 1 aromatic carbocycles. The van der Waals surface area contributed by atoms with Gasteiger partial charge in [0.15, 0.2) is 5.69 Å². The molecule has 2 aliphatic heterocycles. The van der Waals surface area contributed by atoms with Crippen molar-refractivity contribution in [3.63, 3.8) is 0 Å². The Bertz CT molecular complexity index is 723. The van der Waals surface area contributed by atoms with E-state index in [0.717, 1.165) is 25.3 Å². The van der Waals surface area contributed by atoms with Gasteiger partial charge in [0, 0.05) is 25.7 Å². The summed E-state index contributed by atoms with van der Waals surface area (Å²) in [6.45, 7) is 5.80. The molecule has 24 heavy (non-hydrogen) atoms. The third-order valence-electron chi connectivity index (χ3n) is 5.14. The highest BCUT2D eigenvalue weighted by Gasteiger charge is 2.32. The van der Waals surface area contributed by atoms with E-state index in [1.54, 1.807) is 10.9 Å². The highest BCUT2D eigenvalue weighted by atomic mass is 16.2. The van der Waals surface area contributed by atoms with Gasteiger partial charge in [0.25, 0.3) is 5.91 Å². The van der Waals surface area contributed by atoms with Gasteiger partial charge in [0.1, 0.15) is 0 Å². The van der Waals surface area contributed by atoms with Crippen molar-refractivity contribution in [3.05, 3.63) is 41.7 Å². The summed E-state index contributed by atoms with van der Waals surface area (Å²) < 4.78 is 1.67. The highest BCUT2D eigenvalue weighted by molar-refractivity contribution is 5.92. The van der Waals surface area contributed by atoms with Crippen LogP contribution in [0.5, 0.6) is 0 Å². The van der Waals surface area contributed by atoms with Gasteiger partial charge in [0.2, 0.25) is 0 Å². The minimum absolute atomic E-state index is 0.00131. The normalized spacial score (nSPS) is 21.5. The fourth-order valence-electron chi connectivity index (χ4n) is 3.69. The van der Waals surface area contributed by atoms with E-state index < -0.39 is 0 Å². The summed E-state index contributed by atoms with van der Waals surface area (Å²) in [5.41, 5.74) is 2.55. The number of rotatable bonds is 2. The molecule has 0 saturated carbocycles. The molecule has 6 nitrogen and oxygen atoms in total. The van der Waals surface area contributed by atoms with E-state index in [1.807, 2.05) is 36.1 Å². The van der Waals surface area contributed by atoms with Crippen LogP contribution in [0.1, 0.15) is 35.3 Å². The number of piperidine rings is 1. The zero-order valence-electron chi connectivity index (χ0n) is 14.1. The van der Waals surface area contributed by atoms with Gasteiger partial charge in [0.05, 0.1) is 11.9 Å². The number of aryl methyl sites for hydroxylation is 1. The van der Waals surface area contributed by atoms with Crippen molar-refractivity contribution < 1.29 is 4.79 Å². The maximum atomic E-state index is 12.8. The number of hydrogen-bond donors (Lipinski definition) is 0. The third-order valence-corrected chi connectivity index (χ3v) is 5.14. The Morgan fingerprint density at radius 2 is 1.96 bits per heavy atom. The number of amides is 1. The van der Waals surface area contributed by atoms with Crippen LogP contribution in [0.3, 0.4) is 0 Å². The van der Waals surface area contributed by atoms with Crippen LogP contribution in [0.2, 0.25) is 0 Å². The van der Waals surface area contributed by atoms with Gasteiger partial charge < -0.3 is 4.90 Å². The number of hydrogen-bond acceptors (Lipinski definition) is 4. The molecule has 0 aliphatic carbocycles. The van der Waals surface area contributed by atoms with Gasteiger partial charge >= 0.3 is 0 Å². The molecule has 2 aliphatic rings. The molecule has 0 N–H and O–H groups in total. The maximum absolute atomic E-state index is 12.8. The van der Waals surface area contributed by atoms with Crippen LogP contribution in [0, 0.1) is 6.92 Å². The van der Waals surface area contributed by atoms with Crippen LogP contribution >= 0.6 is 0 Å². The first-order chi connectivity index (χ1) is 11.7. The van der Waals surface area contributed by atoms with Crippen LogP contribution in [0.15, 0.2) is 30.5 Å². The van der Waals surface area contributed by atoms with E-state index in [2.05, 4.69) is 15.2 Å². The van der Waals surface area contributed by atoms with E-state index in [1.165, 1.54) is 31.4 Å². The lowest BCUT2D eigenvalue weighted by molar-refractivity contribution is 0.0368. The van der Waals surface area contributed by atoms with Crippen molar-refractivity contribution in [2.24, 2.45) is 0 Å². The van der Waals surface area contributed by atoms with Crippen LogP contribution in [0.25, 0.3) is 5.69 Å². The van der Waals surface area contributed by atoms with E-state index in [-0.39, 0.29) is 5.91 Å². The molecule has 0 spiro atoms. The van der Waals surface area contributed by atoms with Crippen molar-refractivity contribution in [1.82, 2.24) is 24.8 Å². The Morgan fingerprint density at radius 3 is 2.79 bits per heavy atom. The quantitative estimate of drug-likeness (QED) is 0.846. The Balaban J connectivity index is 1.48. The first kappa shape index (κ1) is 15.3.